The van der Waals surface area contributed by atoms with Crippen molar-refractivity contribution in [1.29, 1.82) is 0 Å². The molecule has 5 heteroatoms. The summed E-state index contributed by atoms with van der Waals surface area (Å²) in [6, 6.07) is 0. The van der Waals surface area contributed by atoms with E-state index < -0.39 is 24.8 Å². The molecule has 2 aliphatic rings. The van der Waals surface area contributed by atoms with Gasteiger partial charge in [0.05, 0.1) is 6.10 Å². The molecule has 2 aliphatic carbocycles. The second kappa shape index (κ2) is 5.92. The van der Waals surface area contributed by atoms with Crippen LogP contribution in [0.4, 0.5) is 0 Å². The van der Waals surface area contributed by atoms with Crippen molar-refractivity contribution in [3.63, 3.8) is 0 Å². The first-order valence-corrected chi connectivity index (χ1v) is 13.2. The summed E-state index contributed by atoms with van der Waals surface area (Å²) in [6.45, 7) is 15.2. The van der Waals surface area contributed by atoms with Crippen molar-refractivity contribution in [3.05, 3.63) is 0 Å². The van der Waals surface area contributed by atoms with Gasteiger partial charge in [-0.2, -0.15) is 0 Å². The summed E-state index contributed by atoms with van der Waals surface area (Å²) < 4.78 is 6.68. The SMILES string of the molecule is CC[C@@H](O)C(Br)C(=O)[C@@]1(O[Si](C)(C)C)C[C@H]2CC[C@]1(C)C2(C)C. The van der Waals surface area contributed by atoms with E-state index in [0.717, 1.165) is 12.8 Å². The topological polar surface area (TPSA) is 46.5 Å². The van der Waals surface area contributed by atoms with Crippen molar-refractivity contribution in [2.24, 2.45) is 16.7 Å². The van der Waals surface area contributed by atoms with Crippen molar-refractivity contribution < 1.29 is 14.3 Å². The fourth-order valence-corrected chi connectivity index (χ4v) is 7.15. The van der Waals surface area contributed by atoms with Crippen molar-refractivity contribution in [2.45, 2.75) is 89.6 Å². The lowest BCUT2D eigenvalue weighted by Crippen LogP contribution is -2.61. The number of hydrogen-bond donors (Lipinski definition) is 1. The Labute approximate surface area is 150 Å². The standard InChI is InChI=1S/C18H33BrO3Si/c1-8-13(20)14(19)15(21)18(22-23(5,6)7)11-12-9-10-17(18,4)16(12,2)3/h12-14,20H,8-11H2,1-7H3/t12-,13-,14?,17-,18+/m1/s1. The minimum absolute atomic E-state index is 0.0621. The van der Waals surface area contributed by atoms with Gasteiger partial charge in [0.1, 0.15) is 10.4 Å². The quantitative estimate of drug-likeness (QED) is 0.522. The van der Waals surface area contributed by atoms with E-state index in [1.54, 1.807) is 0 Å². The summed E-state index contributed by atoms with van der Waals surface area (Å²) >= 11 is 3.49. The molecule has 0 saturated heterocycles. The number of ketones is 1. The molecule has 134 valence electrons. The van der Waals surface area contributed by atoms with Gasteiger partial charge in [0.15, 0.2) is 14.1 Å². The van der Waals surface area contributed by atoms with Crippen LogP contribution in [-0.4, -0.2) is 35.7 Å². The van der Waals surface area contributed by atoms with Gasteiger partial charge in [-0.3, -0.25) is 4.79 Å². The molecule has 0 aliphatic heterocycles. The van der Waals surface area contributed by atoms with Crippen LogP contribution in [0.15, 0.2) is 0 Å². The molecule has 1 unspecified atom stereocenters. The maximum atomic E-state index is 13.5. The van der Waals surface area contributed by atoms with Gasteiger partial charge >= 0.3 is 0 Å². The molecule has 3 nitrogen and oxygen atoms in total. The highest BCUT2D eigenvalue weighted by Gasteiger charge is 2.73. The number of halogens is 1. The molecule has 2 rings (SSSR count). The maximum absolute atomic E-state index is 13.5. The van der Waals surface area contributed by atoms with Gasteiger partial charge in [-0.25, -0.2) is 0 Å². The normalized spacial score (nSPS) is 38.6. The van der Waals surface area contributed by atoms with Crippen LogP contribution in [-0.2, 0) is 9.22 Å². The van der Waals surface area contributed by atoms with Gasteiger partial charge in [0, 0.05) is 5.41 Å². The number of carbonyl (C=O) groups excluding carboxylic acids is 1. The second-order valence-corrected chi connectivity index (χ2v) is 14.7. The average Bonchev–Trinajstić information content (AvgIpc) is 2.75. The fourth-order valence-electron chi connectivity index (χ4n) is 4.95. The van der Waals surface area contributed by atoms with E-state index in [-0.39, 0.29) is 16.6 Å². The Morgan fingerprint density at radius 1 is 1.35 bits per heavy atom. The molecule has 2 saturated carbocycles. The Balaban J connectivity index is 2.50. The third kappa shape index (κ3) is 2.79. The van der Waals surface area contributed by atoms with E-state index in [9.17, 15) is 9.90 Å². The number of carbonyl (C=O) groups is 1. The molecular formula is C18H33BrO3Si. The van der Waals surface area contributed by atoms with Gasteiger partial charge in [0.25, 0.3) is 0 Å². The summed E-state index contributed by atoms with van der Waals surface area (Å²) in [5.41, 5.74) is -0.831. The van der Waals surface area contributed by atoms with Crippen molar-refractivity contribution in [1.82, 2.24) is 0 Å². The number of alkyl halides is 1. The number of Topliss-reactive ketones (excluding diaryl/α,β-unsaturated/α-hetero) is 1. The largest absolute Gasteiger partial charge is 0.404 e. The maximum Gasteiger partial charge on any atom is 0.185 e. The van der Waals surface area contributed by atoms with Crippen LogP contribution >= 0.6 is 15.9 Å². The van der Waals surface area contributed by atoms with Gasteiger partial charge in [-0.1, -0.05) is 43.6 Å². The summed E-state index contributed by atoms with van der Waals surface area (Å²) in [7, 11) is -1.92. The summed E-state index contributed by atoms with van der Waals surface area (Å²) in [5.74, 6) is 0.582. The lowest BCUT2D eigenvalue weighted by Gasteiger charge is -2.51. The zero-order chi connectivity index (χ0) is 17.8. The van der Waals surface area contributed by atoms with Crippen molar-refractivity contribution in [3.8, 4) is 0 Å². The molecule has 0 aromatic rings. The third-order valence-corrected chi connectivity index (χ3v) is 8.73. The van der Waals surface area contributed by atoms with E-state index >= 15 is 0 Å². The molecule has 2 fully saturated rings. The summed E-state index contributed by atoms with van der Waals surface area (Å²) in [6.07, 6.45) is 2.92. The molecular weight excluding hydrogens is 372 g/mol. The molecule has 2 bridgehead atoms. The lowest BCUT2D eigenvalue weighted by atomic mass is 9.62. The zero-order valence-electron chi connectivity index (χ0n) is 15.7. The minimum atomic E-state index is -1.92. The second-order valence-electron chi connectivity index (χ2n) is 9.28. The smallest absolute Gasteiger partial charge is 0.185 e. The molecule has 0 amide bonds. The first kappa shape index (κ1) is 19.6. The molecule has 0 heterocycles. The predicted molar refractivity (Wildman–Crippen MR) is 100 cm³/mol. The van der Waals surface area contributed by atoms with E-state index in [0.29, 0.717) is 12.3 Å². The number of aliphatic hydroxyl groups excluding tert-OH is 1. The average molecular weight is 405 g/mol. The van der Waals surface area contributed by atoms with Gasteiger partial charge in [0.2, 0.25) is 0 Å². The van der Waals surface area contributed by atoms with Crippen LogP contribution < -0.4 is 0 Å². The van der Waals surface area contributed by atoms with E-state index in [4.69, 9.17) is 4.43 Å². The first-order chi connectivity index (χ1) is 10.3. The van der Waals surface area contributed by atoms with Crippen LogP contribution in [0.25, 0.3) is 0 Å². The van der Waals surface area contributed by atoms with Gasteiger partial charge in [-0.15, -0.1) is 0 Å². The monoisotopic (exact) mass is 404 g/mol. The fraction of sp³-hybridized carbons (Fsp3) is 0.944. The van der Waals surface area contributed by atoms with Crippen LogP contribution in [0, 0.1) is 16.7 Å². The molecule has 5 atom stereocenters. The Morgan fingerprint density at radius 2 is 1.91 bits per heavy atom. The molecule has 0 aromatic heterocycles. The summed E-state index contributed by atoms with van der Waals surface area (Å²) in [4.78, 5) is 13.0. The van der Waals surface area contributed by atoms with Gasteiger partial charge < -0.3 is 9.53 Å². The molecule has 0 aromatic carbocycles. The minimum Gasteiger partial charge on any atom is -0.404 e. The highest BCUT2D eigenvalue weighted by atomic mass is 79.9. The van der Waals surface area contributed by atoms with E-state index in [1.165, 1.54) is 6.42 Å². The Morgan fingerprint density at radius 3 is 2.26 bits per heavy atom. The van der Waals surface area contributed by atoms with Crippen LogP contribution in [0.5, 0.6) is 0 Å². The molecule has 23 heavy (non-hydrogen) atoms. The van der Waals surface area contributed by atoms with Gasteiger partial charge in [-0.05, 0) is 56.7 Å². The number of aliphatic hydroxyl groups is 1. The number of fused-ring (bicyclic) bond motifs is 2. The Kier molecular flexibility index (Phi) is 5.05. The Bertz CT molecular complexity index is 487. The van der Waals surface area contributed by atoms with Crippen LogP contribution in [0.2, 0.25) is 19.6 Å². The zero-order valence-corrected chi connectivity index (χ0v) is 18.3. The Hall–Kier alpha value is 0.287. The van der Waals surface area contributed by atoms with Crippen LogP contribution in [0.3, 0.4) is 0 Å². The highest BCUT2D eigenvalue weighted by molar-refractivity contribution is 9.10. The first-order valence-electron chi connectivity index (χ1n) is 8.89. The third-order valence-electron chi connectivity index (χ3n) is 6.75. The van der Waals surface area contributed by atoms with E-state index in [2.05, 4.69) is 56.3 Å². The summed E-state index contributed by atoms with van der Waals surface area (Å²) in [5, 5.41) is 10.2. The van der Waals surface area contributed by atoms with Crippen LogP contribution in [0.1, 0.15) is 53.4 Å². The van der Waals surface area contributed by atoms with Crippen molar-refractivity contribution >= 4 is 30.0 Å². The molecule has 0 radical (unpaired) electrons. The number of hydrogen-bond acceptors (Lipinski definition) is 3. The van der Waals surface area contributed by atoms with E-state index in [1.807, 2.05) is 6.92 Å². The predicted octanol–water partition coefficient (Wildman–Crippen LogP) is 4.53. The molecule has 1 N–H and O–H groups in total. The molecule has 0 spiro atoms. The van der Waals surface area contributed by atoms with Crippen molar-refractivity contribution in [2.75, 3.05) is 0 Å². The lowest BCUT2D eigenvalue weighted by molar-refractivity contribution is -0.152. The highest BCUT2D eigenvalue weighted by Crippen LogP contribution is 2.71. The number of rotatable bonds is 6.